The number of rotatable bonds is 9. The van der Waals surface area contributed by atoms with Crippen molar-refractivity contribution in [1.82, 2.24) is 9.55 Å². The summed E-state index contributed by atoms with van der Waals surface area (Å²) in [7, 11) is 0. The van der Waals surface area contributed by atoms with Crippen molar-refractivity contribution in [2.75, 3.05) is 20.2 Å². The number of H-pyrrole nitrogens is 1. The number of aromatic amines is 1. The molecule has 1 unspecified atom stereocenters. The van der Waals surface area contributed by atoms with E-state index in [-0.39, 0.29) is 19.9 Å². The largest absolute Gasteiger partial charge is 0.439 e. The third-order valence-electron chi connectivity index (χ3n) is 2.58. The van der Waals surface area contributed by atoms with Gasteiger partial charge < -0.3 is 18.9 Å². The van der Waals surface area contributed by atoms with Gasteiger partial charge in [0.1, 0.15) is 6.10 Å². The first-order valence-electron chi connectivity index (χ1n) is 6.75. The maximum Gasteiger partial charge on any atom is 0.328 e. The number of hydrogen-bond donors (Lipinski definition) is 1. The van der Waals surface area contributed by atoms with Crippen molar-refractivity contribution in [3.63, 3.8) is 0 Å². The average molecular weight is 348 g/mol. The Morgan fingerprint density at radius 2 is 1.83 bits per heavy atom. The van der Waals surface area contributed by atoms with E-state index in [1.165, 1.54) is 13.8 Å². The quantitative estimate of drug-likeness (QED) is 0.346. The fourth-order valence-corrected chi connectivity index (χ4v) is 1.51. The Balaban J connectivity index is 2.70. The van der Waals surface area contributed by atoms with E-state index in [0.717, 1.165) is 10.8 Å². The van der Waals surface area contributed by atoms with Gasteiger partial charge in [0.2, 0.25) is 5.82 Å². The zero-order valence-corrected chi connectivity index (χ0v) is 13.1. The highest BCUT2D eigenvalue weighted by Crippen LogP contribution is 1.99. The lowest BCUT2D eigenvalue weighted by Crippen LogP contribution is -2.37. The Morgan fingerprint density at radius 1 is 1.21 bits per heavy atom. The van der Waals surface area contributed by atoms with Gasteiger partial charge in [-0.05, 0) is 0 Å². The highest BCUT2D eigenvalue weighted by Gasteiger charge is 2.14. The lowest BCUT2D eigenvalue weighted by atomic mass is 10.3. The highest BCUT2D eigenvalue weighted by molar-refractivity contribution is 5.66. The van der Waals surface area contributed by atoms with Crippen LogP contribution < -0.4 is 11.2 Å². The van der Waals surface area contributed by atoms with E-state index in [1.807, 2.05) is 0 Å². The minimum Gasteiger partial charge on any atom is -0.439 e. The highest BCUT2D eigenvalue weighted by atomic mass is 19.1. The summed E-state index contributed by atoms with van der Waals surface area (Å²) in [6.45, 7) is 1.25. The molecule has 0 saturated heterocycles. The van der Waals surface area contributed by atoms with Crippen LogP contribution >= 0.6 is 0 Å². The van der Waals surface area contributed by atoms with Gasteiger partial charge in [-0.2, -0.15) is 4.39 Å². The molecule has 0 aliphatic heterocycles. The van der Waals surface area contributed by atoms with Crippen molar-refractivity contribution in [1.29, 1.82) is 0 Å². The van der Waals surface area contributed by atoms with Crippen molar-refractivity contribution in [3.8, 4) is 0 Å². The molecule has 134 valence electrons. The monoisotopic (exact) mass is 348 g/mol. The van der Waals surface area contributed by atoms with Gasteiger partial charge in [-0.1, -0.05) is 0 Å². The third-order valence-corrected chi connectivity index (χ3v) is 2.58. The molecule has 0 bridgehead atoms. The van der Waals surface area contributed by atoms with Gasteiger partial charge in [-0.15, -0.1) is 0 Å². The number of halogens is 1. The molecule has 11 heteroatoms. The van der Waals surface area contributed by atoms with Crippen LogP contribution in [0, 0.1) is 5.82 Å². The molecule has 1 heterocycles. The van der Waals surface area contributed by atoms with E-state index >= 15 is 0 Å². The van der Waals surface area contributed by atoms with Crippen LogP contribution in [-0.2, 0) is 35.1 Å². The van der Waals surface area contributed by atoms with Crippen molar-refractivity contribution in [2.24, 2.45) is 0 Å². The van der Waals surface area contributed by atoms with Crippen molar-refractivity contribution in [2.45, 2.75) is 26.5 Å². The Bertz CT molecular complexity index is 683. The van der Waals surface area contributed by atoms with E-state index in [4.69, 9.17) is 9.47 Å². The van der Waals surface area contributed by atoms with Gasteiger partial charge in [0.15, 0.2) is 13.6 Å². The number of carbonyl (C=O) groups excluding carboxylic acids is 2. The molecule has 0 radical (unpaired) electrons. The van der Waals surface area contributed by atoms with Crippen LogP contribution in [0.25, 0.3) is 0 Å². The van der Waals surface area contributed by atoms with E-state index in [2.05, 4.69) is 9.47 Å². The lowest BCUT2D eigenvalue weighted by molar-refractivity contribution is -0.171. The molecule has 0 aliphatic carbocycles. The maximum absolute atomic E-state index is 13.3. The Labute approximate surface area is 135 Å². The summed E-state index contributed by atoms with van der Waals surface area (Å²) < 4.78 is 33.5. The molecule has 0 aromatic carbocycles. The molecule has 0 saturated carbocycles. The van der Waals surface area contributed by atoms with E-state index in [9.17, 15) is 23.6 Å². The standard InChI is InChI=1S/C13H17FN2O8/c1-8(17)22-6-21-5-10(24-7-23-9(2)18)3-16-4-11(14)12(19)15-13(16)20/h4,10H,3,5-7H2,1-2H3,(H,15,19,20). The smallest absolute Gasteiger partial charge is 0.328 e. The molecule has 10 nitrogen and oxygen atoms in total. The lowest BCUT2D eigenvalue weighted by Gasteiger charge is -2.18. The van der Waals surface area contributed by atoms with Gasteiger partial charge in [0, 0.05) is 13.8 Å². The van der Waals surface area contributed by atoms with Crippen molar-refractivity contribution < 1.29 is 32.9 Å². The second-order valence-corrected chi connectivity index (χ2v) is 4.56. The first-order chi connectivity index (χ1) is 11.3. The average Bonchev–Trinajstić information content (AvgIpc) is 2.48. The molecule has 1 aromatic rings. The molecule has 0 spiro atoms. The van der Waals surface area contributed by atoms with Crippen LogP contribution in [0.3, 0.4) is 0 Å². The summed E-state index contributed by atoms with van der Waals surface area (Å²) in [6, 6.07) is 0. The third kappa shape index (κ3) is 7.15. The van der Waals surface area contributed by atoms with Gasteiger partial charge in [-0.25, -0.2) is 4.79 Å². The first kappa shape index (κ1) is 19.5. The number of hydrogen-bond acceptors (Lipinski definition) is 8. The zero-order chi connectivity index (χ0) is 18.1. The van der Waals surface area contributed by atoms with Gasteiger partial charge in [0.05, 0.1) is 19.3 Å². The van der Waals surface area contributed by atoms with Gasteiger partial charge in [0.25, 0.3) is 5.56 Å². The summed E-state index contributed by atoms with van der Waals surface area (Å²) in [4.78, 5) is 45.8. The van der Waals surface area contributed by atoms with Crippen LogP contribution in [0.5, 0.6) is 0 Å². The minimum absolute atomic E-state index is 0.151. The summed E-state index contributed by atoms with van der Waals surface area (Å²) >= 11 is 0. The van der Waals surface area contributed by atoms with Crippen molar-refractivity contribution in [3.05, 3.63) is 32.9 Å². The summed E-state index contributed by atoms with van der Waals surface area (Å²) in [5.41, 5.74) is -1.98. The van der Waals surface area contributed by atoms with Gasteiger partial charge >= 0.3 is 17.6 Å². The number of esters is 2. The Hall–Kier alpha value is -2.53. The van der Waals surface area contributed by atoms with Crippen molar-refractivity contribution >= 4 is 11.9 Å². The predicted octanol–water partition coefficient (Wildman–Crippen LogP) is -0.881. The molecular formula is C13H17FN2O8. The van der Waals surface area contributed by atoms with Crippen LogP contribution in [0.2, 0.25) is 0 Å². The molecule has 0 amide bonds. The van der Waals surface area contributed by atoms with E-state index in [0.29, 0.717) is 0 Å². The first-order valence-corrected chi connectivity index (χ1v) is 6.75. The molecule has 0 aliphatic rings. The zero-order valence-electron chi connectivity index (χ0n) is 13.1. The second-order valence-electron chi connectivity index (χ2n) is 4.56. The SMILES string of the molecule is CC(=O)OCOCC(Cn1cc(F)c(=O)[nH]c1=O)OCOC(C)=O. The van der Waals surface area contributed by atoms with Crippen LogP contribution in [0.15, 0.2) is 15.8 Å². The molecule has 1 rings (SSSR count). The van der Waals surface area contributed by atoms with Crippen LogP contribution in [0.1, 0.15) is 13.8 Å². The predicted molar refractivity (Wildman–Crippen MR) is 75.4 cm³/mol. The second kappa shape index (κ2) is 9.57. The Kier molecular flexibility index (Phi) is 7.79. The molecule has 1 atom stereocenters. The summed E-state index contributed by atoms with van der Waals surface area (Å²) in [5, 5.41) is 0. The molecule has 0 fully saturated rings. The molecule has 1 N–H and O–H groups in total. The molecule has 1 aromatic heterocycles. The summed E-state index contributed by atoms with van der Waals surface area (Å²) in [6.07, 6.45) is -0.127. The molecular weight excluding hydrogens is 331 g/mol. The summed E-state index contributed by atoms with van der Waals surface area (Å²) in [5.74, 6) is -2.28. The maximum atomic E-state index is 13.3. The molecule has 24 heavy (non-hydrogen) atoms. The van der Waals surface area contributed by atoms with Crippen LogP contribution in [-0.4, -0.2) is 47.8 Å². The Morgan fingerprint density at radius 3 is 2.46 bits per heavy atom. The number of nitrogens with one attached hydrogen (secondary N) is 1. The van der Waals surface area contributed by atoms with E-state index in [1.54, 1.807) is 4.98 Å². The fourth-order valence-electron chi connectivity index (χ4n) is 1.51. The number of nitrogens with zero attached hydrogens (tertiary/aromatic N) is 1. The van der Waals surface area contributed by atoms with Crippen LogP contribution in [0.4, 0.5) is 4.39 Å². The number of aromatic nitrogens is 2. The number of ether oxygens (including phenoxy) is 4. The van der Waals surface area contributed by atoms with Gasteiger partial charge in [-0.3, -0.25) is 23.9 Å². The fraction of sp³-hybridized carbons (Fsp3) is 0.538. The normalized spacial score (nSPS) is 11.8. The van der Waals surface area contributed by atoms with E-state index < -0.39 is 41.9 Å². The topological polar surface area (TPSA) is 126 Å². The minimum atomic E-state index is -1.14. The number of carbonyl (C=O) groups is 2.